The van der Waals surface area contributed by atoms with Gasteiger partial charge in [-0.1, -0.05) is 6.07 Å². The van der Waals surface area contributed by atoms with Crippen molar-refractivity contribution in [2.24, 2.45) is 0 Å². The largest absolute Gasteiger partial charge is 0.461 e. The van der Waals surface area contributed by atoms with Crippen molar-refractivity contribution in [1.29, 1.82) is 0 Å². The Labute approximate surface area is 119 Å². The van der Waals surface area contributed by atoms with E-state index >= 15 is 0 Å². The smallest absolute Gasteiger partial charge is 0.335 e. The lowest BCUT2D eigenvalue weighted by Crippen LogP contribution is -1.99. The number of hydrogen-bond acceptors (Lipinski definition) is 4. The number of benzene rings is 1. The molecule has 0 unspecified atom stereocenters. The van der Waals surface area contributed by atoms with Crippen LogP contribution in [0, 0.1) is 13.8 Å². The Kier molecular flexibility index (Phi) is 4.69. The van der Waals surface area contributed by atoms with Gasteiger partial charge in [0.1, 0.15) is 11.3 Å². The molecule has 2 rings (SSSR count). The molecule has 1 aromatic heterocycles. The van der Waals surface area contributed by atoms with Gasteiger partial charge >= 0.3 is 7.60 Å². The Morgan fingerprint density at radius 2 is 1.75 bits per heavy atom. The first kappa shape index (κ1) is 15.3. The van der Waals surface area contributed by atoms with Crippen LogP contribution in [0.4, 0.5) is 0 Å². The van der Waals surface area contributed by atoms with Crippen molar-refractivity contribution >= 4 is 18.6 Å². The van der Waals surface area contributed by atoms with Gasteiger partial charge in [0.15, 0.2) is 0 Å². The summed E-state index contributed by atoms with van der Waals surface area (Å²) in [5.41, 5.74) is 2.83. The summed E-state index contributed by atoms with van der Waals surface area (Å²) in [6.45, 7) is 8.28. The van der Waals surface area contributed by atoms with E-state index in [-0.39, 0.29) is 6.16 Å². The van der Waals surface area contributed by atoms with E-state index in [1.165, 1.54) is 0 Å². The van der Waals surface area contributed by atoms with E-state index in [1.54, 1.807) is 0 Å². The van der Waals surface area contributed by atoms with Gasteiger partial charge in [-0.3, -0.25) is 4.57 Å². The van der Waals surface area contributed by atoms with E-state index < -0.39 is 7.60 Å². The first-order chi connectivity index (χ1) is 9.47. The maximum atomic E-state index is 12.7. The summed E-state index contributed by atoms with van der Waals surface area (Å²) in [6.07, 6.45) is 0.270. The molecule has 110 valence electrons. The topological polar surface area (TPSA) is 48.7 Å². The molecule has 1 heterocycles. The maximum Gasteiger partial charge on any atom is 0.335 e. The normalized spacial score (nSPS) is 12.2. The third kappa shape index (κ3) is 3.32. The van der Waals surface area contributed by atoms with Crippen molar-refractivity contribution in [3.8, 4) is 0 Å². The highest BCUT2D eigenvalue weighted by molar-refractivity contribution is 7.53. The number of furan rings is 1. The fourth-order valence-electron chi connectivity index (χ4n) is 2.35. The van der Waals surface area contributed by atoms with Crippen LogP contribution in [0.1, 0.15) is 30.7 Å². The highest BCUT2D eigenvalue weighted by Gasteiger charge is 2.25. The Morgan fingerprint density at radius 1 is 1.10 bits per heavy atom. The minimum absolute atomic E-state index is 0.270. The average Bonchev–Trinajstić information content (AvgIpc) is 2.70. The highest BCUT2D eigenvalue weighted by Crippen LogP contribution is 2.52. The van der Waals surface area contributed by atoms with Crippen LogP contribution in [0.25, 0.3) is 11.0 Å². The van der Waals surface area contributed by atoms with Crippen LogP contribution in [0.15, 0.2) is 22.6 Å². The second kappa shape index (κ2) is 6.13. The van der Waals surface area contributed by atoms with Crippen molar-refractivity contribution in [2.45, 2.75) is 33.9 Å². The molecule has 0 N–H and O–H groups in total. The summed E-state index contributed by atoms with van der Waals surface area (Å²) in [4.78, 5) is 0. The van der Waals surface area contributed by atoms with Crippen molar-refractivity contribution in [2.75, 3.05) is 13.2 Å². The van der Waals surface area contributed by atoms with Gasteiger partial charge in [-0.05, 0) is 51.0 Å². The van der Waals surface area contributed by atoms with E-state index in [1.807, 2.05) is 45.9 Å². The number of rotatable bonds is 6. The zero-order valence-corrected chi connectivity index (χ0v) is 13.3. The molecule has 0 bridgehead atoms. The molecule has 4 nitrogen and oxygen atoms in total. The van der Waals surface area contributed by atoms with Gasteiger partial charge in [-0.15, -0.1) is 0 Å². The van der Waals surface area contributed by atoms with Gasteiger partial charge in [-0.2, -0.15) is 0 Å². The highest BCUT2D eigenvalue weighted by atomic mass is 31.2. The molecule has 0 atom stereocenters. The van der Waals surface area contributed by atoms with Crippen LogP contribution < -0.4 is 0 Å². The molecule has 5 heteroatoms. The Morgan fingerprint density at radius 3 is 2.35 bits per heavy atom. The molecule has 1 aromatic carbocycles. The Balaban J connectivity index is 2.43. The van der Waals surface area contributed by atoms with Gasteiger partial charge in [0, 0.05) is 5.39 Å². The van der Waals surface area contributed by atoms with Crippen LogP contribution in [-0.2, 0) is 19.8 Å². The predicted molar refractivity (Wildman–Crippen MR) is 80.3 cm³/mol. The van der Waals surface area contributed by atoms with Gasteiger partial charge < -0.3 is 13.5 Å². The second-order valence-electron chi connectivity index (χ2n) is 4.80. The monoisotopic (exact) mass is 296 g/mol. The molecular weight excluding hydrogens is 275 g/mol. The standard InChI is InChI=1S/C15H21O4P/c1-5-17-20(16,18-6-2)10-13-7-11(3)8-15-14(13)9-12(4)19-15/h7-9H,5-6,10H2,1-4H3. The number of hydrogen-bond donors (Lipinski definition) is 0. The van der Waals surface area contributed by atoms with Crippen LogP contribution >= 0.6 is 7.60 Å². The molecule has 0 aliphatic carbocycles. The zero-order valence-electron chi connectivity index (χ0n) is 12.4. The molecule has 2 aromatic rings. The van der Waals surface area contributed by atoms with Gasteiger partial charge in [-0.25, -0.2) is 0 Å². The lowest BCUT2D eigenvalue weighted by Gasteiger charge is -2.17. The Hall–Kier alpha value is -1.09. The van der Waals surface area contributed by atoms with Crippen LogP contribution in [-0.4, -0.2) is 13.2 Å². The average molecular weight is 296 g/mol. The van der Waals surface area contributed by atoms with Crippen molar-refractivity contribution in [3.05, 3.63) is 35.1 Å². The number of aryl methyl sites for hydroxylation is 2. The summed E-state index contributed by atoms with van der Waals surface area (Å²) < 4.78 is 29.1. The minimum Gasteiger partial charge on any atom is -0.461 e. The lowest BCUT2D eigenvalue weighted by molar-refractivity contribution is 0.219. The predicted octanol–water partition coefficient (Wildman–Crippen LogP) is 4.82. The maximum absolute atomic E-state index is 12.7. The quantitative estimate of drug-likeness (QED) is 0.717. The summed E-state index contributed by atoms with van der Waals surface area (Å²) >= 11 is 0. The minimum atomic E-state index is -3.10. The summed E-state index contributed by atoms with van der Waals surface area (Å²) in [7, 11) is -3.10. The van der Waals surface area contributed by atoms with Crippen molar-refractivity contribution in [1.82, 2.24) is 0 Å². The fourth-order valence-corrected chi connectivity index (χ4v) is 4.08. The van der Waals surface area contributed by atoms with E-state index in [0.717, 1.165) is 27.9 Å². The SMILES string of the molecule is CCOP(=O)(Cc1cc(C)cc2oc(C)cc12)OCC. The molecule has 0 fully saturated rings. The van der Waals surface area contributed by atoms with Gasteiger partial charge in [0.2, 0.25) is 0 Å². The van der Waals surface area contributed by atoms with Crippen LogP contribution in [0.2, 0.25) is 0 Å². The Bertz CT molecular complexity index is 635. The number of fused-ring (bicyclic) bond motifs is 1. The molecule has 0 amide bonds. The summed E-state index contributed by atoms with van der Waals surface area (Å²) in [6, 6.07) is 5.96. The summed E-state index contributed by atoms with van der Waals surface area (Å²) in [5, 5.41) is 0.979. The fraction of sp³-hybridized carbons (Fsp3) is 0.467. The van der Waals surface area contributed by atoms with Gasteiger partial charge in [0.25, 0.3) is 0 Å². The first-order valence-electron chi connectivity index (χ1n) is 6.85. The lowest BCUT2D eigenvalue weighted by atomic mass is 10.1. The van der Waals surface area contributed by atoms with Crippen LogP contribution in [0.3, 0.4) is 0 Å². The molecule has 0 saturated heterocycles. The van der Waals surface area contributed by atoms with E-state index in [9.17, 15) is 4.57 Å². The van der Waals surface area contributed by atoms with Crippen molar-refractivity contribution < 1.29 is 18.0 Å². The second-order valence-corrected chi connectivity index (χ2v) is 6.85. The molecule has 0 saturated carbocycles. The van der Waals surface area contributed by atoms with E-state index in [0.29, 0.717) is 13.2 Å². The molecule has 0 aliphatic heterocycles. The molecule has 20 heavy (non-hydrogen) atoms. The van der Waals surface area contributed by atoms with Crippen molar-refractivity contribution in [3.63, 3.8) is 0 Å². The molecular formula is C15H21O4P. The van der Waals surface area contributed by atoms with E-state index in [2.05, 4.69) is 0 Å². The molecule has 0 aliphatic rings. The first-order valence-corrected chi connectivity index (χ1v) is 8.58. The molecule has 0 radical (unpaired) electrons. The summed E-state index contributed by atoms with van der Waals surface area (Å²) in [5.74, 6) is 0.842. The third-order valence-electron chi connectivity index (χ3n) is 3.01. The molecule has 0 spiro atoms. The zero-order chi connectivity index (χ0) is 14.8. The third-order valence-corrected chi connectivity index (χ3v) is 5.04. The van der Waals surface area contributed by atoms with Crippen LogP contribution in [0.5, 0.6) is 0 Å². The van der Waals surface area contributed by atoms with Gasteiger partial charge in [0.05, 0.1) is 19.4 Å². The van der Waals surface area contributed by atoms with E-state index in [4.69, 9.17) is 13.5 Å².